The minimum atomic E-state index is -2.80. The van der Waals surface area contributed by atoms with Gasteiger partial charge in [-0.25, -0.2) is 8.42 Å². The number of carbonyl (C=O) groups is 1. The number of hydrogen-bond donors (Lipinski definition) is 2. The standard InChI is InChI=1S/C8H16N2O3S/c1-6(2)10-8(11)3-9-7-4-14(12,13)5-7/h6-7,9H,3-5H2,1-2H3,(H,10,11). The summed E-state index contributed by atoms with van der Waals surface area (Å²) in [4.78, 5) is 11.1. The highest BCUT2D eigenvalue weighted by molar-refractivity contribution is 7.92. The van der Waals surface area contributed by atoms with Crippen LogP contribution in [0.3, 0.4) is 0 Å². The molecule has 0 unspecified atom stereocenters. The first-order chi connectivity index (χ1) is 6.39. The van der Waals surface area contributed by atoms with E-state index in [9.17, 15) is 13.2 Å². The molecule has 0 saturated carbocycles. The molecule has 1 fully saturated rings. The third-order valence-electron chi connectivity index (χ3n) is 1.91. The minimum absolute atomic E-state index is 0.0436. The Labute approximate surface area is 84.2 Å². The van der Waals surface area contributed by atoms with Gasteiger partial charge < -0.3 is 10.6 Å². The molecule has 0 aliphatic carbocycles. The van der Waals surface area contributed by atoms with E-state index >= 15 is 0 Å². The first kappa shape index (κ1) is 11.5. The van der Waals surface area contributed by atoms with E-state index in [0.717, 1.165) is 0 Å². The van der Waals surface area contributed by atoms with E-state index in [1.54, 1.807) is 0 Å². The van der Waals surface area contributed by atoms with Crippen LogP contribution in [0.15, 0.2) is 0 Å². The lowest BCUT2D eigenvalue weighted by molar-refractivity contribution is -0.120. The average molecular weight is 220 g/mol. The van der Waals surface area contributed by atoms with Gasteiger partial charge in [0.15, 0.2) is 9.84 Å². The van der Waals surface area contributed by atoms with Crippen molar-refractivity contribution in [3.05, 3.63) is 0 Å². The van der Waals surface area contributed by atoms with Crippen LogP contribution in [-0.2, 0) is 14.6 Å². The molecule has 1 heterocycles. The second-order valence-corrected chi connectivity index (χ2v) is 6.03. The first-order valence-corrected chi connectivity index (χ1v) is 6.44. The van der Waals surface area contributed by atoms with Crippen molar-refractivity contribution in [1.29, 1.82) is 0 Å². The van der Waals surface area contributed by atoms with Gasteiger partial charge in [-0.05, 0) is 13.8 Å². The average Bonchev–Trinajstić information content (AvgIpc) is 1.95. The molecule has 0 aromatic heterocycles. The number of hydrogen-bond acceptors (Lipinski definition) is 4. The van der Waals surface area contributed by atoms with Gasteiger partial charge in [-0.3, -0.25) is 4.79 Å². The number of amides is 1. The Morgan fingerprint density at radius 2 is 2.00 bits per heavy atom. The molecule has 14 heavy (non-hydrogen) atoms. The fraction of sp³-hybridized carbons (Fsp3) is 0.875. The van der Waals surface area contributed by atoms with E-state index in [2.05, 4.69) is 10.6 Å². The maximum atomic E-state index is 11.1. The fourth-order valence-electron chi connectivity index (χ4n) is 1.29. The SMILES string of the molecule is CC(C)NC(=O)CNC1CS(=O)(=O)C1. The van der Waals surface area contributed by atoms with E-state index < -0.39 is 9.84 Å². The summed E-state index contributed by atoms with van der Waals surface area (Å²) in [5, 5.41) is 5.60. The molecule has 82 valence electrons. The lowest BCUT2D eigenvalue weighted by Crippen LogP contribution is -2.53. The van der Waals surface area contributed by atoms with Crippen molar-refractivity contribution in [3.63, 3.8) is 0 Å². The molecule has 0 aromatic rings. The Bertz CT molecular complexity index is 299. The van der Waals surface area contributed by atoms with E-state index in [0.29, 0.717) is 0 Å². The van der Waals surface area contributed by atoms with Crippen LogP contribution in [0.4, 0.5) is 0 Å². The maximum Gasteiger partial charge on any atom is 0.234 e. The highest BCUT2D eigenvalue weighted by atomic mass is 32.2. The van der Waals surface area contributed by atoms with E-state index in [-0.39, 0.29) is 36.0 Å². The third kappa shape index (κ3) is 3.63. The Morgan fingerprint density at radius 3 is 2.43 bits per heavy atom. The smallest absolute Gasteiger partial charge is 0.234 e. The van der Waals surface area contributed by atoms with Crippen molar-refractivity contribution in [2.24, 2.45) is 0 Å². The molecular formula is C8H16N2O3S. The van der Waals surface area contributed by atoms with Crippen molar-refractivity contribution in [3.8, 4) is 0 Å². The molecule has 0 radical (unpaired) electrons. The van der Waals surface area contributed by atoms with Crippen LogP contribution in [0.5, 0.6) is 0 Å². The van der Waals surface area contributed by atoms with E-state index in [1.807, 2.05) is 13.8 Å². The Morgan fingerprint density at radius 1 is 1.43 bits per heavy atom. The van der Waals surface area contributed by atoms with Crippen LogP contribution in [0, 0.1) is 0 Å². The summed E-state index contributed by atoms with van der Waals surface area (Å²) in [6, 6.07) is 0.0762. The predicted octanol–water partition coefficient (Wildman–Crippen LogP) is -1.10. The normalized spacial score (nSPS) is 20.5. The Hall–Kier alpha value is -0.620. The quantitative estimate of drug-likeness (QED) is 0.630. The summed E-state index contributed by atoms with van der Waals surface area (Å²) >= 11 is 0. The van der Waals surface area contributed by atoms with Crippen LogP contribution in [0.25, 0.3) is 0 Å². The number of sulfone groups is 1. The van der Waals surface area contributed by atoms with Gasteiger partial charge in [0.1, 0.15) is 0 Å². The number of carbonyl (C=O) groups excluding carboxylic acids is 1. The monoisotopic (exact) mass is 220 g/mol. The summed E-state index contributed by atoms with van der Waals surface area (Å²) in [5.41, 5.74) is 0. The van der Waals surface area contributed by atoms with Gasteiger partial charge in [-0.1, -0.05) is 0 Å². The highest BCUT2D eigenvalue weighted by Gasteiger charge is 2.32. The summed E-state index contributed by atoms with van der Waals surface area (Å²) in [5.74, 6) is 0.216. The molecule has 0 aromatic carbocycles. The molecule has 1 rings (SSSR count). The van der Waals surface area contributed by atoms with Gasteiger partial charge in [-0.2, -0.15) is 0 Å². The molecule has 0 atom stereocenters. The van der Waals surface area contributed by atoms with Crippen molar-refractivity contribution in [1.82, 2.24) is 10.6 Å². The van der Waals surface area contributed by atoms with Crippen LogP contribution >= 0.6 is 0 Å². The second kappa shape index (κ2) is 4.27. The first-order valence-electron chi connectivity index (χ1n) is 4.62. The second-order valence-electron chi connectivity index (χ2n) is 3.88. The zero-order valence-electron chi connectivity index (χ0n) is 8.41. The molecule has 1 saturated heterocycles. The largest absolute Gasteiger partial charge is 0.353 e. The van der Waals surface area contributed by atoms with Crippen LogP contribution < -0.4 is 10.6 Å². The van der Waals surface area contributed by atoms with Crippen LogP contribution in [-0.4, -0.2) is 44.5 Å². The van der Waals surface area contributed by atoms with Crippen LogP contribution in [0.2, 0.25) is 0 Å². The molecule has 1 aliphatic rings. The molecule has 2 N–H and O–H groups in total. The topological polar surface area (TPSA) is 75.3 Å². The molecule has 5 nitrogen and oxygen atoms in total. The van der Waals surface area contributed by atoms with Crippen molar-refractivity contribution >= 4 is 15.7 Å². The zero-order valence-corrected chi connectivity index (χ0v) is 9.23. The fourth-order valence-corrected chi connectivity index (χ4v) is 2.66. The van der Waals surface area contributed by atoms with Gasteiger partial charge >= 0.3 is 0 Å². The zero-order chi connectivity index (χ0) is 10.8. The summed E-state index contributed by atoms with van der Waals surface area (Å²) < 4.78 is 21.6. The maximum absolute atomic E-state index is 11.1. The summed E-state index contributed by atoms with van der Waals surface area (Å²) in [6.07, 6.45) is 0. The van der Waals surface area contributed by atoms with E-state index in [1.165, 1.54) is 0 Å². The van der Waals surface area contributed by atoms with Gasteiger partial charge in [0, 0.05) is 12.1 Å². The van der Waals surface area contributed by atoms with Gasteiger partial charge in [0.05, 0.1) is 18.1 Å². The summed E-state index contributed by atoms with van der Waals surface area (Å²) in [6.45, 7) is 3.95. The molecule has 6 heteroatoms. The van der Waals surface area contributed by atoms with Crippen molar-refractivity contribution in [2.45, 2.75) is 25.9 Å². The number of nitrogens with one attached hydrogen (secondary N) is 2. The molecule has 0 spiro atoms. The van der Waals surface area contributed by atoms with E-state index in [4.69, 9.17) is 0 Å². The van der Waals surface area contributed by atoms with Crippen molar-refractivity contribution < 1.29 is 13.2 Å². The predicted molar refractivity (Wildman–Crippen MR) is 53.7 cm³/mol. The number of rotatable bonds is 4. The minimum Gasteiger partial charge on any atom is -0.353 e. The van der Waals surface area contributed by atoms with Gasteiger partial charge in [-0.15, -0.1) is 0 Å². The molecular weight excluding hydrogens is 204 g/mol. The molecule has 0 bridgehead atoms. The molecule has 1 aliphatic heterocycles. The summed E-state index contributed by atoms with van der Waals surface area (Å²) in [7, 11) is -2.80. The Balaban J connectivity index is 2.14. The highest BCUT2D eigenvalue weighted by Crippen LogP contribution is 2.09. The van der Waals surface area contributed by atoms with Crippen LogP contribution in [0.1, 0.15) is 13.8 Å². The van der Waals surface area contributed by atoms with Gasteiger partial charge in [0.2, 0.25) is 5.91 Å². The van der Waals surface area contributed by atoms with Crippen molar-refractivity contribution in [2.75, 3.05) is 18.1 Å². The van der Waals surface area contributed by atoms with Gasteiger partial charge in [0.25, 0.3) is 0 Å². The lowest BCUT2D eigenvalue weighted by atomic mass is 10.3. The Kier molecular flexibility index (Phi) is 3.49. The third-order valence-corrected chi connectivity index (χ3v) is 3.73. The molecule has 1 amide bonds. The lowest BCUT2D eigenvalue weighted by Gasteiger charge is -2.26.